The lowest BCUT2D eigenvalue weighted by atomic mass is 9.91. The van der Waals surface area contributed by atoms with Crippen LogP contribution < -0.4 is 0 Å². The summed E-state index contributed by atoms with van der Waals surface area (Å²) in [5.41, 5.74) is 5.84. The summed E-state index contributed by atoms with van der Waals surface area (Å²) >= 11 is 7.69. The Morgan fingerprint density at radius 2 is 1.84 bits per heavy atom. The van der Waals surface area contributed by atoms with E-state index in [1.54, 1.807) is 18.3 Å². The number of pyridine rings is 2. The standard InChI is InChI=1S/C33H28ClFN4O3S/c1-17-12-25-29(27(18-6-8-20(34)9-7-18)26(17)28(32(40)41)42-33(2,3)4)43-31(38-25)19-10-11-36-24(13-19)23-16-39(5)30-22(23)14-21(35)15-37-30/h6-16,28H,1-5H3,(H,40,41). The Labute approximate surface area is 256 Å². The van der Waals surface area contributed by atoms with Crippen molar-refractivity contribution in [3.63, 3.8) is 0 Å². The highest BCUT2D eigenvalue weighted by atomic mass is 35.5. The molecule has 0 saturated carbocycles. The van der Waals surface area contributed by atoms with Gasteiger partial charge < -0.3 is 14.4 Å². The van der Waals surface area contributed by atoms with E-state index >= 15 is 0 Å². The molecule has 218 valence electrons. The molecule has 4 aromatic heterocycles. The number of hydrogen-bond donors (Lipinski definition) is 1. The molecule has 0 saturated heterocycles. The minimum Gasteiger partial charge on any atom is -0.479 e. The van der Waals surface area contributed by atoms with Crippen LogP contribution in [0.1, 0.15) is 38.0 Å². The zero-order valence-electron chi connectivity index (χ0n) is 24.1. The van der Waals surface area contributed by atoms with Crippen LogP contribution >= 0.6 is 22.9 Å². The van der Waals surface area contributed by atoms with Crippen LogP contribution in [0.15, 0.2) is 67.1 Å². The minimum atomic E-state index is -1.20. The molecule has 0 fully saturated rings. The van der Waals surface area contributed by atoms with E-state index in [0.29, 0.717) is 27.3 Å². The average Bonchev–Trinajstić information content (AvgIpc) is 3.52. The number of halogens is 2. The molecular formula is C33H28ClFN4O3S. The van der Waals surface area contributed by atoms with E-state index in [0.717, 1.165) is 43.0 Å². The third kappa shape index (κ3) is 5.51. The number of ether oxygens (including phenoxy) is 1. The van der Waals surface area contributed by atoms with Crippen LogP contribution in [0.5, 0.6) is 0 Å². The maximum Gasteiger partial charge on any atom is 0.337 e. The number of aliphatic carboxylic acids is 1. The van der Waals surface area contributed by atoms with Gasteiger partial charge >= 0.3 is 5.97 Å². The molecule has 1 unspecified atom stereocenters. The van der Waals surface area contributed by atoms with Crippen LogP contribution in [0.25, 0.3) is 54.2 Å². The number of hydrogen-bond acceptors (Lipinski definition) is 6. The Balaban J connectivity index is 1.56. The second-order valence-electron chi connectivity index (χ2n) is 11.4. The number of rotatable bonds is 6. The van der Waals surface area contributed by atoms with Gasteiger partial charge in [0.05, 0.1) is 27.7 Å². The van der Waals surface area contributed by atoms with Gasteiger partial charge in [0.1, 0.15) is 16.5 Å². The van der Waals surface area contributed by atoms with E-state index in [1.165, 1.54) is 23.6 Å². The summed E-state index contributed by atoms with van der Waals surface area (Å²) in [4.78, 5) is 26.4. The molecule has 6 rings (SSSR count). The first kappa shape index (κ1) is 28.9. The summed E-state index contributed by atoms with van der Waals surface area (Å²) in [7, 11) is 1.86. The van der Waals surface area contributed by atoms with Gasteiger partial charge in [-0.2, -0.15) is 0 Å². The monoisotopic (exact) mass is 614 g/mol. The largest absolute Gasteiger partial charge is 0.479 e. The SMILES string of the molecule is Cc1cc2nc(-c3ccnc(-c4cn(C)c5ncc(F)cc45)c3)sc2c(-c2ccc(Cl)cc2)c1C(OC(C)(C)C)C(=O)O. The summed E-state index contributed by atoms with van der Waals surface area (Å²) in [6.45, 7) is 7.40. The highest BCUT2D eigenvalue weighted by molar-refractivity contribution is 7.22. The Bertz CT molecular complexity index is 2030. The van der Waals surface area contributed by atoms with Crippen molar-refractivity contribution in [3.8, 4) is 33.0 Å². The number of aromatic nitrogens is 4. The Morgan fingerprint density at radius 3 is 2.53 bits per heavy atom. The summed E-state index contributed by atoms with van der Waals surface area (Å²) in [5, 5.41) is 12.3. The van der Waals surface area contributed by atoms with Crippen LogP contribution in [-0.4, -0.2) is 36.2 Å². The number of thiazole rings is 1. The number of carboxylic acid groups (broad SMARTS) is 1. The topological polar surface area (TPSA) is 90.1 Å². The summed E-state index contributed by atoms with van der Waals surface area (Å²) < 4.78 is 22.9. The predicted molar refractivity (Wildman–Crippen MR) is 169 cm³/mol. The molecule has 1 atom stereocenters. The van der Waals surface area contributed by atoms with Crippen molar-refractivity contribution in [2.45, 2.75) is 39.4 Å². The predicted octanol–water partition coefficient (Wildman–Crippen LogP) is 8.62. The van der Waals surface area contributed by atoms with Gasteiger partial charge in [-0.1, -0.05) is 23.7 Å². The Kier molecular flexibility index (Phi) is 7.28. The lowest BCUT2D eigenvalue weighted by molar-refractivity contribution is -0.160. The van der Waals surface area contributed by atoms with Crippen molar-refractivity contribution in [3.05, 3.63) is 89.1 Å². The van der Waals surface area contributed by atoms with E-state index in [4.69, 9.17) is 21.3 Å². The highest BCUT2D eigenvalue weighted by Gasteiger charge is 2.32. The lowest BCUT2D eigenvalue weighted by Crippen LogP contribution is -2.28. The van der Waals surface area contributed by atoms with Crippen molar-refractivity contribution in [2.75, 3.05) is 0 Å². The molecule has 0 aliphatic carbocycles. The third-order valence-electron chi connectivity index (χ3n) is 7.08. The van der Waals surface area contributed by atoms with Gasteiger partial charge in [0.15, 0.2) is 6.10 Å². The van der Waals surface area contributed by atoms with Gasteiger partial charge in [0.2, 0.25) is 0 Å². The van der Waals surface area contributed by atoms with Crippen LogP contribution in [0.4, 0.5) is 4.39 Å². The molecule has 2 aromatic carbocycles. The first-order valence-electron chi connectivity index (χ1n) is 13.6. The number of nitrogens with zero attached hydrogens (tertiary/aromatic N) is 4. The third-order valence-corrected chi connectivity index (χ3v) is 8.47. The Morgan fingerprint density at radius 1 is 1.09 bits per heavy atom. The van der Waals surface area contributed by atoms with Gasteiger partial charge in [-0.3, -0.25) is 4.98 Å². The molecule has 0 aliphatic heterocycles. The normalized spacial score (nSPS) is 12.7. The van der Waals surface area contributed by atoms with E-state index in [9.17, 15) is 14.3 Å². The fourth-order valence-corrected chi connectivity index (χ4v) is 6.56. The number of fused-ring (bicyclic) bond motifs is 2. The zero-order valence-corrected chi connectivity index (χ0v) is 25.7. The average molecular weight is 615 g/mol. The molecule has 0 spiro atoms. The smallest absolute Gasteiger partial charge is 0.337 e. The molecule has 0 amide bonds. The molecule has 7 nitrogen and oxygen atoms in total. The van der Waals surface area contributed by atoms with Crippen LogP contribution in [0, 0.1) is 12.7 Å². The summed E-state index contributed by atoms with van der Waals surface area (Å²) in [6.07, 6.45) is 3.59. The van der Waals surface area contributed by atoms with Crippen molar-refractivity contribution in [2.24, 2.45) is 7.05 Å². The van der Waals surface area contributed by atoms with E-state index in [2.05, 4.69) is 9.97 Å². The molecule has 0 bridgehead atoms. The lowest BCUT2D eigenvalue weighted by Gasteiger charge is -2.28. The molecule has 0 radical (unpaired) electrons. The fourth-order valence-electron chi connectivity index (χ4n) is 5.31. The molecule has 10 heteroatoms. The number of aryl methyl sites for hydroxylation is 2. The molecule has 4 heterocycles. The maximum absolute atomic E-state index is 14.1. The molecule has 1 N–H and O–H groups in total. The quantitative estimate of drug-likeness (QED) is 0.202. The minimum absolute atomic E-state index is 0.418. The van der Waals surface area contributed by atoms with Crippen LogP contribution in [0.3, 0.4) is 0 Å². The fraction of sp³-hybridized carbons (Fsp3) is 0.212. The van der Waals surface area contributed by atoms with E-state index in [-0.39, 0.29) is 0 Å². The van der Waals surface area contributed by atoms with E-state index in [1.807, 2.05) is 75.8 Å². The molecular weight excluding hydrogens is 587 g/mol. The van der Waals surface area contributed by atoms with Crippen LogP contribution in [-0.2, 0) is 16.6 Å². The van der Waals surface area contributed by atoms with Gasteiger partial charge in [0, 0.05) is 52.1 Å². The van der Waals surface area contributed by atoms with Gasteiger partial charge in [-0.05, 0) is 75.2 Å². The number of benzene rings is 2. The summed E-state index contributed by atoms with van der Waals surface area (Å²) in [6, 6.07) is 14.5. The van der Waals surface area contributed by atoms with Gasteiger partial charge in [-0.15, -0.1) is 11.3 Å². The molecule has 43 heavy (non-hydrogen) atoms. The zero-order chi connectivity index (χ0) is 30.6. The number of carboxylic acids is 1. The van der Waals surface area contributed by atoms with Gasteiger partial charge in [0.25, 0.3) is 0 Å². The van der Waals surface area contributed by atoms with Crippen molar-refractivity contribution >= 4 is 50.2 Å². The maximum atomic E-state index is 14.1. The first-order valence-corrected chi connectivity index (χ1v) is 14.8. The van der Waals surface area contributed by atoms with Crippen molar-refractivity contribution < 1.29 is 19.0 Å². The molecule has 0 aliphatic rings. The Hall–Kier alpha value is -4.18. The summed E-state index contributed by atoms with van der Waals surface area (Å²) in [5.74, 6) is -1.49. The van der Waals surface area contributed by atoms with Crippen molar-refractivity contribution in [1.29, 1.82) is 0 Å². The van der Waals surface area contributed by atoms with Crippen LogP contribution in [0.2, 0.25) is 5.02 Å². The molecule has 6 aromatic rings. The second kappa shape index (κ2) is 10.8. The van der Waals surface area contributed by atoms with Gasteiger partial charge in [-0.25, -0.2) is 19.2 Å². The van der Waals surface area contributed by atoms with Crippen molar-refractivity contribution in [1.82, 2.24) is 19.5 Å². The highest BCUT2D eigenvalue weighted by Crippen LogP contribution is 2.44. The second-order valence-corrected chi connectivity index (χ2v) is 12.8. The number of carbonyl (C=O) groups is 1. The first-order chi connectivity index (χ1) is 20.4. The van der Waals surface area contributed by atoms with E-state index < -0.39 is 23.5 Å².